The van der Waals surface area contributed by atoms with E-state index in [2.05, 4.69) is 18.2 Å². The third-order valence-corrected chi connectivity index (χ3v) is 4.50. The third kappa shape index (κ3) is 4.32. The van der Waals surface area contributed by atoms with Crippen molar-refractivity contribution in [2.75, 3.05) is 33.7 Å². The molecule has 0 bridgehead atoms. The van der Waals surface area contributed by atoms with E-state index in [9.17, 15) is 10.1 Å². The molecular weight excluding hydrogens is 274 g/mol. The molecule has 0 atom stereocenters. The van der Waals surface area contributed by atoms with E-state index in [4.69, 9.17) is 0 Å². The molecule has 22 heavy (non-hydrogen) atoms. The SMILES string of the molecule is CN(C)CC(=O)N1CCC(C#N)(CCc2ccccc2)CC1. The first-order valence-electron chi connectivity index (χ1n) is 7.92. The predicted octanol–water partition coefficient (Wildman–Crippen LogP) is 2.31. The molecule has 1 heterocycles. The highest BCUT2D eigenvalue weighted by Gasteiger charge is 2.35. The van der Waals surface area contributed by atoms with Gasteiger partial charge in [0.2, 0.25) is 5.91 Å². The van der Waals surface area contributed by atoms with Gasteiger partial charge in [-0.1, -0.05) is 30.3 Å². The average Bonchev–Trinajstić information content (AvgIpc) is 2.54. The summed E-state index contributed by atoms with van der Waals surface area (Å²) in [7, 11) is 3.81. The smallest absolute Gasteiger partial charge is 0.236 e. The van der Waals surface area contributed by atoms with Gasteiger partial charge in [-0.2, -0.15) is 5.26 Å². The van der Waals surface area contributed by atoms with Gasteiger partial charge in [0.15, 0.2) is 0 Å². The fourth-order valence-electron chi connectivity index (χ4n) is 3.00. The summed E-state index contributed by atoms with van der Waals surface area (Å²) in [6.07, 6.45) is 3.38. The Hall–Kier alpha value is -1.86. The van der Waals surface area contributed by atoms with Crippen molar-refractivity contribution in [2.45, 2.75) is 25.7 Å². The van der Waals surface area contributed by atoms with Crippen molar-refractivity contribution in [3.63, 3.8) is 0 Å². The first-order valence-corrected chi connectivity index (χ1v) is 7.92. The van der Waals surface area contributed by atoms with Crippen molar-refractivity contribution in [1.82, 2.24) is 9.80 Å². The Morgan fingerprint density at radius 1 is 1.27 bits per heavy atom. The predicted molar refractivity (Wildman–Crippen MR) is 87.2 cm³/mol. The van der Waals surface area contributed by atoms with E-state index in [1.807, 2.05) is 42.1 Å². The van der Waals surface area contributed by atoms with E-state index in [0.29, 0.717) is 19.6 Å². The number of carbonyl (C=O) groups excluding carboxylic acids is 1. The standard InChI is InChI=1S/C18H25N3O/c1-20(2)14-17(22)21-12-10-18(15-19,11-13-21)9-8-16-6-4-3-5-7-16/h3-7H,8-14H2,1-2H3. The normalized spacial score (nSPS) is 17.3. The Morgan fingerprint density at radius 3 is 2.45 bits per heavy atom. The Labute approximate surface area is 133 Å². The summed E-state index contributed by atoms with van der Waals surface area (Å²) in [6.45, 7) is 1.85. The first kappa shape index (κ1) is 16.5. The molecule has 0 saturated carbocycles. The van der Waals surface area contributed by atoms with Crippen molar-refractivity contribution < 1.29 is 4.79 Å². The van der Waals surface area contributed by atoms with Crippen molar-refractivity contribution in [2.24, 2.45) is 5.41 Å². The van der Waals surface area contributed by atoms with E-state index in [-0.39, 0.29) is 11.3 Å². The molecule has 4 heteroatoms. The van der Waals surface area contributed by atoms with Crippen LogP contribution in [0.25, 0.3) is 0 Å². The zero-order valence-electron chi connectivity index (χ0n) is 13.6. The number of benzene rings is 1. The topological polar surface area (TPSA) is 47.3 Å². The molecule has 2 rings (SSSR count). The molecule has 4 nitrogen and oxygen atoms in total. The highest BCUT2D eigenvalue weighted by molar-refractivity contribution is 5.78. The third-order valence-electron chi connectivity index (χ3n) is 4.50. The monoisotopic (exact) mass is 299 g/mol. The van der Waals surface area contributed by atoms with Crippen LogP contribution in [0.15, 0.2) is 30.3 Å². The van der Waals surface area contributed by atoms with Gasteiger partial charge >= 0.3 is 0 Å². The number of amides is 1. The second-order valence-electron chi connectivity index (χ2n) is 6.50. The lowest BCUT2D eigenvalue weighted by Gasteiger charge is -2.37. The highest BCUT2D eigenvalue weighted by Crippen LogP contribution is 2.35. The van der Waals surface area contributed by atoms with Crippen LogP contribution in [0.2, 0.25) is 0 Å². The van der Waals surface area contributed by atoms with E-state index >= 15 is 0 Å². The van der Waals surface area contributed by atoms with Crippen LogP contribution in [-0.4, -0.2) is 49.4 Å². The number of rotatable bonds is 5. The fourth-order valence-corrected chi connectivity index (χ4v) is 3.00. The van der Waals surface area contributed by atoms with Gasteiger partial charge in [-0.25, -0.2) is 0 Å². The van der Waals surface area contributed by atoms with E-state index < -0.39 is 0 Å². The fraction of sp³-hybridized carbons (Fsp3) is 0.556. The molecule has 0 unspecified atom stereocenters. The molecule has 0 spiro atoms. The van der Waals surface area contributed by atoms with E-state index in [1.54, 1.807) is 0 Å². The second-order valence-corrected chi connectivity index (χ2v) is 6.50. The molecule has 1 amide bonds. The van der Waals surface area contributed by atoms with Gasteiger partial charge in [0.05, 0.1) is 18.0 Å². The summed E-state index contributed by atoms with van der Waals surface area (Å²) in [4.78, 5) is 15.9. The van der Waals surface area contributed by atoms with Crippen molar-refractivity contribution in [3.05, 3.63) is 35.9 Å². The molecule has 1 saturated heterocycles. The van der Waals surface area contributed by atoms with Crippen LogP contribution in [0.1, 0.15) is 24.8 Å². The van der Waals surface area contributed by atoms with Gasteiger partial charge in [0, 0.05) is 13.1 Å². The number of hydrogen-bond donors (Lipinski definition) is 0. The first-order chi connectivity index (χ1) is 10.5. The minimum absolute atomic E-state index is 0.166. The number of nitriles is 1. The molecule has 118 valence electrons. The van der Waals surface area contributed by atoms with Crippen molar-refractivity contribution in [1.29, 1.82) is 5.26 Å². The number of hydrogen-bond acceptors (Lipinski definition) is 3. The molecule has 1 fully saturated rings. The van der Waals surface area contributed by atoms with Gasteiger partial charge in [-0.15, -0.1) is 0 Å². The van der Waals surface area contributed by atoms with Gasteiger partial charge < -0.3 is 9.80 Å². The Kier molecular flexibility index (Phi) is 5.57. The summed E-state index contributed by atoms with van der Waals surface area (Å²) in [5, 5.41) is 9.63. The summed E-state index contributed by atoms with van der Waals surface area (Å²) >= 11 is 0. The number of likely N-dealkylation sites (tertiary alicyclic amines) is 1. The van der Waals surface area contributed by atoms with Crippen LogP contribution in [0, 0.1) is 16.7 Å². The average molecular weight is 299 g/mol. The van der Waals surface area contributed by atoms with Crippen LogP contribution in [-0.2, 0) is 11.2 Å². The van der Waals surface area contributed by atoms with Crippen LogP contribution >= 0.6 is 0 Å². The van der Waals surface area contributed by atoms with Crippen molar-refractivity contribution >= 4 is 5.91 Å². The molecule has 1 aromatic rings. The lowest BCUT2D eigenvalue weighted by atomic mass is 9.75. The van der Waals surface area contributed by atoms with Gasteiger partial charge in [-0.3, -0.25) is 4.79 Å². The zero-order valence-corrected chi connectivity index (χ0v) is 13.6. The molecule has 1 aliphatic rings. The van der Waals surface area contributed by atoms with Gasteiger partial charge in [0.1, 0.15) is 0 Å². The van der Waals surface area contributed by atoms with Crippen LogP contribution < -0.4 is 0 Å². The minimum atomic E-state index is -0.273. The summed E-state index contributed by atoms with van der Waals surface area (Å²) in [5.41, 5.74) is 1.01. The maximum atomic E-state index is 12.1. The largest absolute Gasteiger partial charge is 0.341 e. The lowest BCUT2D eigenvalue weighted by Crippen LogP contribution is -2.45. The number of aryl methyl sites for hydroxylation is 1. The highest BCUT2D eigenvalue weighted by atomic mass is 16.2. The minimum Gasteiger partial charge on any atom is -0.341 e. The Morgan fingerprint density at radius 2 is 1.91 bits per heavy atom. The number of likely N-dealkylation sites (N-methyl/N-ethyl adjacent to an activating group) is 1. The molecule has 1 aromatic carbocycles. The molecule has 1 aliphatic heterocycles. The molecule has 0 radical (unpaired) electrons. The summed E-state index contributed by atoms with van der Waals surface area (Å²) in [6, 6.07) is 12.9. The maximum Gasteiger partial charge on any atom is 0.236 e. The zero-order chi connectivity index (χ0) is 16.0. The molecular formula is C18H25N3O. The van der Waals surface area contributed by atoms with Crippen LogP contribution in [0.4, 0.5) is 0 Å². The van der Waals surface area contributed by atoms with Crippen LogP contribution in [0.3, 0.4) is 0 Å². The lowest BCUT2D eigenvalue weighted by molar-refractivity contribution is -0.133. The van der Waals surface area contributed by atoms with Gasteiger partial charge in [0.25, 0.3) is 0 Å². The maximum absolute atomic E-state index is 12.1. The van der Waals surface area contributed by atoms with E-state index in [1.165, 1.54) is 5.56 Å². The molecule has 0 N–H and O–H groups in total. The number of nitrogens with zero attached hydrogens (tertiary/aromatic N) is 3. The number of carbonyl (C=O) groups is 1. The quantitative estimate of drug-likeness (QED) is 0.838. The van der Waals surface area contributed by atoms with Crippen LogP contribution in [0.5, 0.6) is 0 Å². The Bertz CT molecular complexity index is 525. The summed E-state index contributed by atoms with van der Waals surface area (Å²) in [5.74, 6) is 0.166. The van der Waals surface area contributed by atoms with Gasteiger partial charge in [-0.05, 0) is 45.3 Å². The summed E-state index contributed by atoms with van der Waals surface area (Å²) < 4.78 is 0. The molecule has 0 aliphatic carbocycles. The second kappa shape index (κ2) is 7.42. The Balaban J connectivity index is 1.89. The molecule has 0 aromatic heterocycles. The van der Waals surface area contributed by atoms with E-state index in [0.717, 1.165) is 25.7 Å². The number of piperidine rings is 1. The van der Waals surface area contributed by atoms with Crippen molar-refractivity contribution in [3.8, 4) is 6.07 Å².